The van der Waals surface area contributed by atoms with Gasteiger partial charge in [0.25, 0.3) is 5.91 Å². The molecule has 0 saturated carbocycles. The normalized spacial score (nSPS) is 14.3. The fourth-order valence-corrected chi connectivity index (χ4v) is 5.38. The molecule has 0 spiro atoms. The van der Waals surface area contributed by atoms with Crippen LogP contribution in [0.25, 0.3) is 0 Å². The summed E-state index contributed by atoms with van der Waals surface area (Å²) < 4.78 is 26.4. The standard InChI is InChI=1S/C22H24N4O3S2/c1-15-8-9-17(31(28,29)23-2)12-18(15)21(27)25-22-24-19-10-11-26(14-20(19)30-22)13-16-6-4-3-5-7-16/h3-9,12,23H,10-11,13-14H2,1-2H3,(H,24,25,27). The van der Waals surface area contributed by atoms with Crippen molar-refractivity contribution in [2.45, 2.75) is 31.3 Å². The fraction of sp³-hybridized carbons (Fsp3) is 0.273. The highest BCUT2D eigenvalue weighted by molar-refractivity contribution is 7.89. The van der Waals surface area contributed by atoms with Crippen LogP contribution in [0.2, 0.25) is 0 Å². The molecule has 2 heterocycles. The maximum absolute atomic E-state index is 12.9. The van der Waals surface area contributed by atoms with E-state index in [9.17, 15) is 13.2 Å². The van der Waals surface area contributed by atoms with Gasteiger partial charge < -0.3 is 0 Å². The van der Waals surface area contributed by atoms with Gasteiger partial charge in [-0.2, -0.15) is 0 Å². The summed E-state index contributed by atoms with van der Waals surface area (Å²) in [6, 6.07) is 14.9. The molecule has 1 aromatic heterocycles. The Hall–Kier alpha value is -2.59. The smallest absolute Gasteiger partial charge is 0.257 e. The molecule has 0 saturated heterocycles. The summed E-state index contributed by atoms with van der Waals surface area (Å²) in [5.74, 6) is -0.363. The first kappa shape index (κ1) is 21.6. The van der Waals surface area contributed by atoms with Crippen LogP contribution in [0.1, 0.15) is 32.1 Å². The van der Waals surface area contributed by atoms with Crippen LogP contribution >= 0.6 is 11.3 Å². The quantitative estimate of drug-likeness (QED) is 0.595. The van der Waals surface area contributed by atoms with E-state index < -0.39 is 10.0 Å². The van der Waals surface area contributed by atoms with E-state index in [1.54, 1.807) is 13.0 Å². The number of anilines is 1. The summed E-state index contributed by atoms with van der Waals surface area (Å²) in [7, 11) is -2.28. The lowest BCUT2D eigenvalue weighted by Gasteiger charge is -2.25. The van der Waals surface area contributed by atoms with Gasteiger partial charge in [0.05, 0.1) is 10.6 Å². The lowest BCUT2D eigenvalue weighted by Crippen LogP contribution is -2.29. The van der Waals surface area contributed by atoms with Crippen molar-refractivity contribution in [3.8, 4) is 0 Å². The summed E-state index contributed by atoms with van der Waals surface area (Å²) >= 11 is 1.48. The van der Waals surface area contributed by atoms with Crippen molar-refractivity contribution in [3.63, 3.8) is 0 Å². The predicted molar refractivity (Wildman–Crippen MR) is 122 cm³/mol. The van der Waals surface area contributed by atoms with E-state index in [1.807, 2.05) is 18.2 Å². The van der Waals surface area contributed by atoms with Crippen molar-refractivity contribution in [2.75, 3.05) is 18.9 Å². The summed E-state index contributed by atoms with van der Waals surface area (Å²) in [5.41, 5.74) is 3.31. The van der Waals surface area contributed by atoms with Crippen LogP contribution in [0, 0.1) is 6.92 Å². The first-order chi connectivity index (χ1) is 14.9. The zero-order chi connectivity index (χ0) is 22.0. The Kier molecular flexibility index (Phi) is 6.19. The van der Waals surface area contributed by atoms with Gasteiger partial charge in [0.2, 0.25) is 10.0 Å². The number of amides is 1. The van der Waals surface area contributed by atoms with Crippen molar-refractivity contribution >= 4 is 32.4 Å². The SMILES string of the molecule is CNS(=O)(=O)c1ccc(C)c(C(=O)Nc2nc3c(s2)CN(Cc2ccccc2)CC3)c1. The lowest BCUT2D eigenvalue weighted by atomic mass is 10.1. The molecule has 0 bridgehead atoms. The van der Waals surface area contributed by atoms with E-state index in [2.05, 4.69) is 32.1 Å². The molecule has 9 heteroatoms. The number of carbonyl (C=O) groups is 1. The third-order valence-electron chi connectivity index (χ3n) is 5.31. The molecule has 31 heavy (non-hydrogen) atoms. The first-order valence-corrected chi connectivity index (χ1v) is 12.3. The molecule has 0 fully saturated rings. The number of benzene rings is 2. The summed E-state index contributed by atoms with van der Waals surface area (Å²) in [6.45, 7) is 4.37. The molecule has 1 amide bonds. The molecule has 3 aromatic rings. The van der Waals surface area contributed by atoms with Crippen molar-refractivity contribution in [3.05, 3.63) is 75.8 Å². The molecule has 162 valence electrons. The Bertz CT molecular complexity index is 1210. The number of nitrogens with one attached hydrogen (secondary N) is 2. The van der Waals surface area contributed by atoms with E-state index in [4.69, 9.17) is 0 Å². The van der Waals surface area contributed by atoms with E-state index in [-0.39, 0.29) is 10.8 Å². The van der Waals surface area contributed by atoms with Crippen LogP contribution in [0.3, 0.4) is 0 Å². The van der Waals surface area contributed by atoms with Gasteiger partial charge in [0, 0.05) is 36.5 Å². The Labute approximate surface area is 186 Å². The van der Waals surface area contributed by atoms with Crippen LogP contribution in [0.5, 0.6) is 0 Å². The number of rotatable bonds is 6. The summed E-state index contributed by atoms with van der Waals surface area (Å²) in [6.07, 6.45) is 0.837. The molecule has 2 N–H and O–H groups in total. The van der Waals surface area contributed by atoms with Gasteiger partial charge in [-0.15, -0.1) is 11.3 Å². The first-order valence-electron chi connectivity index (χ1n) is 9.96. The second kappa shape index (κ2) is 8.88. The molecule has 7 nitrogen and oxygen atoms in total. The number of nitrogens with zero attached hydrogens (tertiary/aromatic N) is 2. The monoisotopic (exact) mass is 456 g/mol. The molecular formula is C22H24N4O3S2. The minimum Gasteiger partial charge on any atom is -0.298 e. The Morgan fingerprint density at radius 3 is 2.71 bits per heavy atom. The van der Waals surface area contributed by atoms with Gasteiger partial charge >= 0.3 is 0 Å². The Balaban J connectivity index is 1.48. The molecule has 4 rings (SSSR count). The van der Waals surface area contributed by atoms with E-state index in [0.717, 1.165) is 36.6 Å². The molecule has 0 atom stereocenters. The molecule has 2 aromatic carbocycles. The van der Waals surface area contributed by atoms with Gasteiger partial charge in [-0.25, -0.2) is 18.1 Å². The molecule has 1 aliphatic heterocycles. The van der Waals surface area contributed by atoms with E-state index in [0.29, 0.717) is 16.3 Å². The van der Waals surface area contributed by atoms with Gasteiger partial charge in [-0.3, -0.25) is 15.0 Å². The fourth-order valence-electron chi connectivity index (χ4n) is 3.57. The van der Waals surface area contributed by atoms with Crippen LogP contribution < -0.4 is 10.0 Å². The zero-order valence-electron chi connectivity index (χ0n) is 17.4. The highest BCUT2D eigenvalue weighted by Crippen LogP contribution is 2.29. The summed E-state index contributed by atoms with van der Waals surface area (Å²) in [5, 5.41) is 3.39. The predicted octanol–water partition coefficient (Wildman–Crippen LogP) is 3.17. The number of aromatic nitrogens is 1. The van der Waals surface area contributed by atoms with Crippen LogP contribution in [0.4, 0.5) is 5.13 Å². The maximum Gasteiger partial charge on any atom is 0.257 e. The average Bonchev–Trinajstić information content (AvgIpc) is 3.16. The van der Waals surface area contributed by atoms with Gasteiger partial charge in [0.1, 0.15) is 0 Å². The lowest BCUT2D eigenvalue weighted by molar-refractivity contribution is 0.102. The van der Waals surface area contributed by atoms with E-state index >= 15 is 0 Å². The maximum atomic E-state index is 12.9. The molecule has 0 unspecified atom stereocenters. The number of carbonyl (C=O) groups excluding carboxylic acids is 1. The molecule has 0 aliphatic carbocycles. The number of hydrogen-bond donors (Lipinski definition) is 2. The molecular weight excluding hydrogens is 432 g/mol. The minimum absolute atomic E-state index is 0.0562. The second-order valence-corrected chi connectivity index (χ2v) is 10.4. The van der Waals surface area contributed by atoms with Gasteiger partial charge in [-0.1, -0.05) is 36.4 Å². The Morgan fingerprint density at radius 1 is 1.19 bits per heavy atom. The topological polar surface area (TPSA) is 91.4 Å². The van der Waals surface area contributed by atoms with Crippen LogP contribution in [0.15, 0.2) is 53.4 Å². The largest absolute Gasteiger partial charge is 0.298 e. The van der Waals surface area contributed by atoms with Crippen LogP contribution in [-0.4, -0.2) is 37.8 Å². The minimum atomic E-state index is -3.63. The van der Waals surface area contributed by atoms with Crippen molar-refractivity contribution in [1.29, 1.82) is 0 Å². The Morgan fingerprint density at radius 2 is 1.97 bits per heavy atom. The van der Waals surface area contributed by atoms with E-state index in [1.165, 1.54) is 36.1 Å². The highest BCUT2D eigenvalue weighted by Gasteiger charge is 2.22. The third-order valence-corrected chi connectivity index (χ3v) is 7.72. The van der Waals surface area contributed by atoms with Gasteiger partial charge in [-0.05, 0) is 37.2 Å². The van der Waals surface area contributed by atoms with Crippen molar-refractivity contribution in [2.24, 2.45) is 0 Å². The second-order valence-electron chi connectivity index (χ2n) is 7.47. The third kappa shape index (κ3) is 4.85. The number of aryl methyl sites for hydroxylation is 1. The number of sulfonamides is 1. The number of fused-ring (bicyclic) bond motifs is 1. The van der Waals surface area contributed by atoms with Crippen molar-refractivity contribution < 1.29 is 13.2 Å². The van der Waals surface area contributed by atoms with Crippen molar-refractivity contribution in [1.82, 2.24) is 14.6 Å². The summed E-state index contributed by atoms with van der Waals surface area (Å²) in [4.78, 5) is 21.0. The zero-order valence-corrected chi connectivity index (χ0v) is 19.0. The molecule has 0 radical (unpaired) electrons. The highest BCUT2D eigenvalue weighted by atomic mass is 32.2. The number of hydrogen-bond acceptors (Lipinski definition) is 6. The molecule has 1 aliphatic rings. The van der Waals surface area contributed by atoms with Gasteiger partial charge in [0.15, 0.2) is 5.13 Å². The average molecular weight is 457 g/mol. The number of thiazole rings is 1. The van der Waals surface area contributed by atoms with Crippen LogP contribution in [-0.2, 0) is 29.5 Å².